The van der Waals surface area contributed by atoms with Gasteiger partial charge < -0.3 is 9.64 Å². The van der Waals surface area contributed by atoms with Crippen LogP contribution in [-0.2, 0) is 14.3 Å². The minimum absolute atomic E-state index is 0.135. The van der Waals surface area contributed by atoms with Crippen LogP contribution in [-0.4, -0.2) is 37.5 Å². The van der Waals surface area contributed by atoms with Crippen molar-refractivity contribution in [1.82, 2.24) is 4.90 Å². The van der Waals surface area contributed by atoms with Gasteiger partial charge >= 0.3 is 5.97 Å². The van der Waals surface area contributed by atoms with Gasteiger partial charge in [-0.15, -0.1) is 0 Å². The molecule has 116 valence electrons. The minimum Gasteiger partial charge on any atom is -0.451 e. The molecule has 0 bridgehead atoms. The van der Waals surface area contributed by atoms with Crippen molar-refractivity contribution < 1.29 is 14.3 Å². The van der Waals surface area contributed by atoms with E-state index in [1.54, 1.807) is 20.2 Å². The summed E-state index contributed by atoms with van der Waals surface area (Å²) in [6.07, 6.45) is 1.45. The van der Waals surface area contributed by atoms with Crippen molar-refractivity contribution in [2.75, 3.05) is 20.7 Å². The first kappa shape index (κ1) is 17.4. The molecular formula is C17H20N2O3. The Morgan fingerprint density at radius 3 is 2.32 bits per heavy atom. The molecule has 5 heteroatoms. The van der Waals surface area contributed by atoms with Gasteiger partial charge in [-0.1, -0.05) is 38.1 Å². The summed E-state index contributed by atoms with van der Waals surface area (Å²) < 4.78 is 4.83. The van der Waals surface area contributed by atoms with E-state index in [2.05, 4.69) is 13.8 Å². The molecule has 1 amide bonds. The van der Waals surface area contributed by atoms with Crippen LogP contribution in [0.3, 0.4) is 0 Å². The first-order valence-corrected chi connectivity index (χ1v) is 6.94. The van der Waals surface area contributed by atoms with Crippen LogP contribution in [0, 0.1) is 11.3 Å². The van der Waals surface area contributed by atoms with Crippen molar-refractivity contribution in [3.05, 3.63) is 41.0 Å². The second kappa shape index (κ2) is 7.99. The Balaban J connectivity index is 2.80. The lowest BCUT2D eigenvalue weighted by Gasteiger charge is -2.10. The number of rotatable bonds is 5. The van der Waals surface area contributed by atoms with Crippen molar-refractivity contribution in [2.24, 2.45) is 0 Å². The monoisotopic (exact) mass is 300 g/mol. The van der Waals surface area contributed by atoms with E-state index in [0.717, 1.165) is 5.56 Å². The lowest BCUT2D eigenvalue weighted by atomic mass is 10.0. The minimum atomic E-state index is -0.800. The van der Waals surface area contributed by atoms with Crippen LogP contribution in [0.5, 0.6) is 0 Å². The molecule has 1 aromatic carbocycles. The van der Waals surface area contributed by atoms with Gasteiger partial charge in [0.05, 0.1) is 0 Å². The average Bonchev–Trinajstić information content (AvgIpc) is 2.50. The summed E-state index contributed by atoms with van der Waals surface area (Å²) in [4.78, 5) is 24.5. The van der Waals surface area contributed by atoms with Gasteiger partial charge in [0.25, 0.3) is 5.91 Å². The topological polar surface area (TPSA) is 70.4 Å². The summed E-state index contributed by atoms with van der Waals surface area (Å²) >= 11 is 0. The molecule has 0 heterocycles. The molecule has 0 unspecified atom stereocenters. The lowest BCUT2D eigenvalue weighted by molar-refractivity contribution is -0.147. The van der Waals surface area contributed by atoms with E-state index in [1.807, 2.05) is 24.3 Å². The number of nitrogens with zero attached hydrogens (tertiary/aromatic N) is 2. The highest BCUT2D eigenvalue weighted by Gasteiger charge is 2.14. The maximum Gasteiger partial charge on any atom is 0.349 e. The Bertz CT molecular complexity index is 608. The maximum absolute atomic E-state index is 11.8. The van der Waals surface area contributed by atoms with Crippen molar-refractivity contribution >= 4 is 18.0 Å². The maximum atomic E-state index is 11.8. The van der Waals surface area contributed by atoms with Gasteiger partial charge in [-0.3, -0.25) is 4.79 Å². The van der Waals surface area contributed by atoms with Gasteiger partial charge in [-0.05, 0) is 23.1 Å². The first-order valence-electron chi connectivity index (χ1n) is 6.94. The highest BCUT2D eigenvalue weighted by molar-refractivity contribution is 5.98. The van der Waals surface area contributed by atoms with E-state index in [1.165, 1.54) is 16.5 Å². The molecule has 0 atom stereocenters. The number of hydrogen-bond acceptors (Lipinski definition) is 4. The molecule has 0 aliphatic heterocycles. The van der Waals surface area contributed by atoms with Crippen molar-refractivity contribution in [3.8, 4) is 6.07 Å². The third-order valence-corrected chi connectivity index (χ3v) is 3.08. The molecule has 1 aromatic rings. The number of carbonyl (C=O) groups is 2. The summed E-state index contributed by atoms with van der Waals surface area (Å²) in [5, 5.41) is 9.06. The Hall–Kier alpha value is -2.61. The van der Waals surface area contributed by atoms with Gasteiger partial charge in [0.2, 0.25) is 0 Å². The molecule has 0 aliphatic rings. The molecule has 0 saturated heterocycles. The highest BCUT2D eigenvalue weighted by Crippen LogP contribution is 2.16. The first-order chi connectivity index (χ1) is 10.3. The van der Waals surface area contributed by atoms with Crippen LogP contribution in [0.1, 0.15) is 30.9 Å². The summed E-state index contributed by atoms with van der Waals surface area (Å²) in [5.41, 5.74) is 1.77. The van der Waals surface area contributed by atoms with Crippen LogP contribution in [0.15, 0.2) is 29.8 Å². The number of likely N-dealkylation sites (N-methyl/N-ethyl adjacent to an activating group) is 1. The number of benzene rings is 1. The summed E-state index contributed by atoms with van der Waals surface area (Å²) in [6, 6.07) is 9.38. The van der Waals surface area contributed by atoms with Crippen molar-refractivity contribution in [3.63, 3.8) is 0 Å². The van der Waals surface area contributed by atoms with Crippen LogP contribution in [0.25, 0.3) is 6.08 Å². The molecule has 22 heavy (non-hydrogen) atoms. The fourth-order valence-electron chi connectivity index (χ4n) is 1.61. The molecule has 0 N–H and O–H groups in total. The molecule has 0 radical (unpaired) electrons. The van der Waals surface area contributed by atoms with Crippen molar-refractivity contribution in [1.29, 1.82) is 5.26 Å². The van der Waals surface area contributed by atoms with Crippen LogP contribution >= 0.6 is 0 Å². The Morgan fingerprint density at radius 2 is 1.86 bits per heavy atom. The third-order valence-electron chi connectivity index (χ3n) is 3.08. The normalized spacial score (nSPS) is 11.0. The Kier molecular flexibility index (Phi) is 6.33. The number of esters is 1. The number of ether oxygens (including phenoxy) is 1. The zero-order chi connectivity index (χ0) is 16.7. The standard InChI is InChI=1S/C17H20N2O3/c1-12(2)14-7-5-13(6-8-14)9-15(10-18)17(21)22-11-16(20)19(3)4/h5-9,12H,11H2,1-4H3/b15-9+. The van der Waals surface area contributed by atoms with Gasteiger partial charge in [-0.25, -0.2) is 4.79 Å². The molecular weight excluding hydrogens is 280 g/mol. The zero-order valence-corrected chi connectivity index (χ0v) is 13.3. The Labute approximate surface area is 130 Å². The molecule has 5 nitrogen and oxygen atoms in total. The van der Waals surface area contributed by atoms with E-state index in [4.69, 9.17) is 10.00 Å². The number of carbonyl (C=O) groups excluding carboxylic acids is 2. The predicted molar refractivity (Wildman–Crippen MR) is 83.8 cm³/mol. The molecule has 0 aromatic heterocycles. The van der Waals surface area contributed by atoms with E-state index < -0.39 is 5.97 Å². The largest absolute Gasteiger partial charge is 0.451 e. The van der Waals surface area contributed by atoms with Gasteiger partial charge in [0.15, 0.2) is 6.61 Å². The molecule has 1 rings (SSSR count). The van der Waals surface area contributed by atoms with E-state index in [9.17, 15) is 9.59 Å². The second-order valence-electron chi connectivity index (χ2n) is 5.36. The summed E-state index contributed by atoms with van der Waals surface area (Å²) in [7, 11) is 3.13. The third kappa shape index (κ3) is 5.06. The fourth-order valence-corrected chi connectivity index (χ4v) is 1.61. The van der Waals surface area contributed by atoms with Crippen molar-refractivity contribution in [2.45, 2.75) is 19.8 Å². The highest BCUT2D eigenvalue weighted by atomic mass is 16.5. The van der Waals surface area contributed by atoms with E-state index >= 15 is 0 Å². The van der Waals surface area contributed by atoms with Crippen LogP contribution in [0.4, 0.5) is 0 Å². The van der Waals surface area contributed by atoms with Gasteiger partial charge in [0, 0.05) is 14.1 Å². The zero-order valence-electron chi connectivity index (χ0n) is 13.3. The number of hydrogen-bond donors (Lipinski definition) is 0. The predicted octanol–water partition coefficient (Wildman–Crippen LogP) is 2.35. The average molecular weight is 300 g/mol. The van der Waals surface area contributed by atoms with Crippen LogP contribution in [0.2, 0.25) is 0 Å². The SMILES string of the molecule is CC(C)c1ccc(/C=C(\C#N)C(=O)OCC(=O)N(C)C)cc1. The summed E-state index contributed by atoms with van der Waals surface area (Å²) in [5.74, 6) is -0.729. The molecule has 0 aliphatic carbocycles. The van der Waals surface area contributed by atoms with E-state index in [-0.39, 0.29) is 18.1 Å². The van der Waals surface area contributed by atoms with Gasteiger partial charge in [-0.2, -0.15) is 5.26 Å². The molecule has 0 fully saturated rings. The number of nitriles is 1. The quantitative estimate of drug-likeness (QED) is 0.475. The summed E-state index contributed by atoms with van der Waals surface area (Å²) in [6.45, 7) is 3.80. The van der Waals surface area contributed by atoms with Gasteiger partial charge in [0.1, 0.15) is 11.6 Å². The number of amides is 1. The second-order valence-corrected chi connectivity index (χ2v) is 5.36. The van der Waals surface area contributed by atoms with Crippen LogP contribution < -0.4 is 0 Å². The smallest absolute Gasteiger partial charge is 0.349 e. The lowest BCUT2D eigenvalue weighted by Crippen LogP contribution is -2.27. The van der Waals surface area contributed by atoms with E-state index in [0.29, 0.717) is 5.92 Å². The molecule has 0 spiro atoms. The molecule has 0 saturated carbocycles. The Morgan fingerprint density at radius 1 is 1.27 bits per heavy atom. The fraction of sp³-hybridized carbons (Fsp3) is 0.353.